The Morgan fingerprint density at radius 3 is 2.79 bits per heavy atom. The lowest BCUT2D eigenvalue weighted by molar-refractivity contribution is -0.646. The summed E-state index contributed by atoms with van der Waals surface area (Å²) in [5, 5.41) is 2.28. The molecule has 0 aromatic heterocycles. The van der Waals surface area contributed by atoms with Crippen molar-refractivity contribution in [2.45, 2.75) is 39.5 Å². The van der Waals surface area contributed by atoms with Crippen LogP contribution in [0.4, 0.5) is 0 Å². The second kappa shape index (κ2) is 8.76. The lowest BCUT2D eigenvalue weighted by Crippen LogP contribution is -2.83. The standard InChI is InChI=1S/C17H27NO/c1-5-10-18-11-6-7-12-19-17-13-16(14(2)3)9-8-15(17)4/h5,8-9,13-14,18H,1,6-7,10-12H2,2-4H3/p+1. The molecule has 0 fully saturated rings. The summed E-state index contributed by atoms with van der Waals surface area (Å²) in [7, 11) is 0. The molecule has 0 saturated heterocycles. The molecule has 0 heterocycles. The molecule has 0 saturated carbocycles. The summed E-state index contributed by atoms with van der Waals surface area (Å²) >= 11 is 0. The van der Waals surface area contributed by atoms with E-state index < -0.39 is 0 Å². The van der Waals surface area contributed by atoms with Crippen molar-refractivity contribution in [1.82, 2.24) is 0 Å². The van der Waals surface area contributed by atoms with Gasteiger partial charge in [0.1, 0.15) is 5.75 Å². The lowest BCUT2D eigenvalue weighted by Gasteiger charge is -2.12. The minimum Gasteiger partial charge on any atom is -0.493 e. The molecule has 0 aliphatic heterocycles. The van der Waals surface area contributed by atoms with Crippen LogP contribution in [-0.4, -0.2) is 19.7 Å². The Labute approximate surface area is 117 Å². The van der Waals surface area contributed by atoms with Gasteiger partial charge in [-0.2, -0.15) is 0 Å². The first-order valence-corrected chi connectivity index (χ1v) is 7.31. The average Bonchev–Trinajstić information content (AvgIpc) is 2.39. The molecule has 0 aliphatic carbocycles. The van der Waals surface area contributed by atoms with Crippen LogP contribution in [0.3, 0.4) is 0 Å². The fraction of sp³-hybridized carbons (Fsp3) is 0.529. The minimum atomic E-state index is 0.552. The van der Waals surface area contributed by atoms with Crippen LogP contribution < -0.4 is 10.1 Å². The van der Waals surface area contributed by atoms with Gasteiger partial charge in [0.25, 0.3) is 0 Å². The Morgan fingerprint density at radius 1 is 1.32 bits per heavy atom. The van der Waals surface area contributed by atoms with Crippen molar-refractivity contribution in [3.8, 4) is 5.75 Å². The molecule has 1 aromatic carbocycles. The highest BCUT2D eigenvalue weighted by Crippen LogP contribution is 2.24. The van der Waals surface area contributed by atoms with Gasteiger partial charge < -0.3 is 10.1 Å². The number of hydrogen-bond donors (Lipinski definition) is 1. The molecule has 2 N–H and O–H groups in total. The smallest absolute Gasteiger partial charge is 0.122 e. The number of unbranched alkanes of at least 4 members (excludes halogenated alkanes) is 1. The van der Waals surface area contributed by atoms with Crippen molar-refractivity contribution < 1.29 is 10.1 Å². The molecule has 2 heteroatoms. The summed E-state index contributed by atoms with van der Waals surface area (Å²) in [6, 6.07) is 6.53. The van der Waals surface area contributed by atoms with Crippen molar-refractivity contribution >= 4 is 0 Å². The molecule has 0 unspecified atom stereocenters. The zero-order valence-corrected chi connectivity index (χ0v) is 12.6. The molecular weight excluding hydrogens is 234 g/mol. The molecule has 0 atom stereocenters. The quantitative estimate of drug-likeness (QED) is 0.537. The lowest BCUT2D eigenvalue weighted by atomic mass is 10.0. The van der Waals surface area contributed by atoms with Crippen LogP contribution in [0.25, 0.3) is 0 Å². The maximum atomic E-state index is 5.90. The molecule has 106 valence electrons. The molecule has 0 aliphatic rings. The molecule has 1 aromatic rings. The summed E-state index contributed by atoms with van der Waals surface area (Å²) in [6.07, 6.45) is 4.24. The number of hydrogen-bond acceptors (Lipinski definition) is 1. The third-order valence-corrected chi connectivity index (χ3v) is 3.27. The Morgan fingerprint density at radius 2 is 2.11 bits per heavy atom. The topological polar surface area (TPSA) is 25.8 Å². The van der Waals surface area contributed by atoms with E-state index in [2.05, 4.69) is 50.9 Å². The van der Waals surface area contributed by atoms with Gasteiger partial charge in [0, 0.05) is 0 Å². The van der Waals surface area contributed by atoms with E-state index in [9.17, 15) is 0 Å². The number of nitrogens with two attached hydrogens (primary N) is 1. The van der Waals surface area contributed by atoms with E-state index in [1.807, 2.05) is 6.08 Å². The predicted molar refractivity (Wildman–Crippen MR) is 81.9 cm³/mol. The van der Waals surface area contributed by atoms with Crippen molar-refractivity contribution in [3.63, 3.8) is 0 Å². The second-order valence-corrected chi connectivity index (χ2v) is 5.34. The molecule has 19 heavy (non-hydrogen) atoms. The van der Waals surface area contributed by atoms with Crippen LogP contribution >= 0.6 is 0 Å². The second-order valence-electron chi connectivity index (χ2n) is 5.34. The zero-order valence-electron chi connectivity index (χ0n) is 12.6. The number of aryl methyl sites for hydroxylation is 1. The molecule has 0 radical (unpaired) electrons. The summed E-state index contributed by atoms with van der Waals surface area (Å²) in [4.78, 5) is 0. The zero-order chi connectivity index (χ0) is 14.1. The largest absolute Gasteiger partial charge is 0.493 e. The third-order valence-electron chi connectivity index (χ3n) is 3.27. The Balaban J connectivity index is 2.32. The first-order valence-electron chi connectivity index (χ1n) is 7.31. The van der Waals surface area contributed by atoms with Crippen LogP contribution in [0.15, 0.2) is 30.9 Å². The van der Waals surface area contributed by atoms with Gasteiger partial charge in [0.2, 0.25) is 0 Å². The highest BCUT2D eigenvalue weighted by Gasteiger charge is 2.04. The Kier molecular flexibility index (Phi) is 7.27. The van der Waals surface area contributed by atoms with E-state index in [0.717, 1.165) is 31.9 Å². The van der Waals surface area contributed by atoms with Gasteiger partial charge in [-0.1, -0.05) is 32.6 Å². The number of rotatable bonds is 9. The van der Waals surface area contributed by atoms with Gasteiger partial charge in [-0.05, 0) is 49.0 Å². The van der Waals surface area contributed by atoms with E-state index in [1.165, 1.54) is 17.5 Å². The Hall–Kier alpha value is -1.28. The van der Waals surface area contributed by atoms with E-state index >= 15 is 0 Å². The Bertz CT molecular complexity index is 385. The highest BCUT2D eigenvalue weighted by molar-refractivity contribution is 5.37. The van der Waals surface area contributed by atoms with Crippen LogP contribution in [0, 0.1) is 6.92 Å². The fourth-order valence-corrected chi connectivity index (χ4v) is 1.94. The average molecular weight is 262 g/mol. The summed E-state index contributed by atoms with van der Waals surface area (Å²) in [5.41, 5.74) is 2.57. The number of benzene rings is 1. The monoisotopic (exact) mass is 262 g/mol. The van der Waals surface area contributed by atoms with E-state index in [-0.39, 0.29) is 0 Å². The fourth-order valence-electron chi connectivity index (χ4n) is 1.94. The summed E-state index contributed by atoms with van der Waals surface area (Å²) in [5.74, 6) is 1.60. The summed E-state index contributed by atoms with van der Waals surface area (Å²) in [6.45, 7) is 13.2. The minimum absolute atomic E-state index is 0.552. The third kappa shape index (κ3) is 5.93. The summed E-state index contributed by atoms with van der Waals surface area (Å²) < 4.78 is 5.90. The van der Waals surface area contributed by atoms with Crippen molar-refractivity contribution in [2.75, 3.05) is 19.7 Å². The highest BCUT2D eigenvalue weighted by atomic mass is 16.5. The molecule has 2 nitrogen and oxygen atoms in total. The first kappa shape index (κ1) is 15.8. The van der Waals surface area contributed by atoms with Gasteiger partial charge in [-0.15, -0.1) is 0 Å². The number of ether oxygens (including phenoxy) is 1. The molecule has 0 bridgehead atoms. The molecule has 0 amide bonds. The van der Waals surface area contributed by atoms with Crippen molar-refractivity contribution in [3.05, 3.63) is 42.0 Å². The first-order chi connectivity index (χ1) is 9.15. The SMILES string of the molecule is C=CC[NH2+]CCCCOc1cc(C(C)C)ccc1C. The van der Waals surface area contributed by atoms with Crippen LogP contribution in [-0.2, 0) is 0 Å². The van der Waals surface area contributed by atoms with E-state index in [0.29, 0.717) is 5.92 Å². The van der Waals surface area contributed by atoms with Crippen LogP contribution in [0.2, 0.25) is 0 Å². The van der Waals surface area contributed by atoms with Gasteiger partial charge in [0.15, 0.2) is 0 Å². The van der Waals surface area contributed by atoms with Crippen LogP contribution in [0.1, 0.15) is 43.7 Å². The number of quaternary nitrogens is 1. The molecule has 0 spiro atoms. The van der Waals surface area contributed by atoms with Crippen molar-refractivity contribution in [1.29, 1.82) is 0 Å². The van der Waals surface area contributed by atoms with Gasteiger partial charge in [-0.3, -0.25) is 0 Å². The van der Waals surface area contributed by atoms with Crippen LogP contribution in [0.5, 0.6) is 5.75 Å². The normalized spacial score (nSPS) is 10.7. The molecule has 1 rings (SSSR count). The van der Waals surface area contributed by atoms with E-state index in [4.69, 9.17) is 4.74 Å². The van der Waals surface area contributed by atoms with Gasteiger partial charge >= 0.3 is 0 Å². The van der Waals surface area contributed by atoms with Crippen molar-refractivity contribution in [2.24, 2.45) is 0 Å². The maximum Gasteiger partial charge on any atom is 0.122 e. The predicted octanol–water partition coefficient (Wildman–Crippen LogP) is 3.03. The van der Waals surface area contributed by atoms with E-state index in [1.54, 1.807) is 0 Å². The van der Waals surface area contributed by atoms with Gasteiger partial charge in [0.05, 0.1) is 19.7 Å². The molecular formula is C17H28NO+. The van der Waals surface area contributed by atoms with Gasteiger partial charge in [-0.25, -0.2) is 0 Å². The maximum absolute atomic E-state index is 5.90.